The molecule has 0 aliphatic carbocycles. The van der Waals surface area contributed by atoms with E-state index in [2.05, 4.69) is 0 Å². The minimum atomic E-state index is -1.74. The van der Waals surface area contributed by atoms with Crippen molar-refractivity contribution in [3.05, 3.63) is 35.9 Å². The highest BCUT2D eigenvalue weighted by Gasteiger charge is 2.57. The predicted octanol–water partition coefficient (Wildman–Crippen LogP) is 1.98. The third-order valence-corrected chi connectivity index (χ3v) is 4.29. The summed E-state index contributed by atoms with van der Waals surface area (Å²) in [4.78, 5) is 26.5. The third kappa shape index (κ3) is 3.76. The third-order valence-electron chi connectivity index (χ3n) is 4.29. The molecule has 0 unspecified atom stereocenters. The molecule has 24 heavy (non-hydrogen) atoms. The van der Waals surface area contributed by atoms with Gasteiger partial charge >= 0.3 is 11.9 Å². The van der Waals surface area contributed by atoms with Gasteiger partial charge in [-0.3, -0.25) is 14.5 Å². The molecule has 3 N–H and O–H groups in total. The number of benzene rings is 1. The number of nitrogens with two attached hydrogens (primary N) is 1. The fraction of sp³-hybridized carbons (Fsp3) is 0.556. The first-order chi connectivity index (χ1) is 11.2. The van der Waals surface area contributed by atoms with Crippen LogP contribution in [0.1, 0.15) is 39.2 Å². The van der Waals surface area contributed by atoms with Gasteiger partial charge in [0.05, 0.1) is 6.17 Å². The van der Waals surface area contributed by atoms with Gasteiger partial charge in [0.2, 0.25) is 0 Å². The Morgan fingerprint density at radius 2 is 1.96 bits per heavy atom. The van der Waals surface area contributed by atoms with Crippen molar-refractivity contribution in [2.24, 2.45) is 11.1 Å². The predicted molar refractivity (Wildman–Crippen MR) is 90.0 cm³/mol. The van der Waals surface area contributed by atoms with Gasteiger partial charge in [0.1, 0.15) is 5.60 Å². The van der Waals surface area contributed by atoms with Crippen LogP contribution in [0.25, 0.3) is 0 Å². The summed E-state index contributed by atoms with van der Waals surface area (Å²) in [6.07, 6.45) is -0.172. The maximum atomic E-state index is 12.7. The van der Waals surface area contributed by atoms with Crippen molar-refractivity contribution < 1.29 is 19.4 Å². The monoisotopic (exact) mass is 334 g/mol. The maximum Gasteiger partial charge on any atom is 0.327 e. The standard InChI is InChI=1S/C18H26N2O4/c1-17(2,3)24-16(23)18(15(21)22)10-7-11-20(14(18)19)12-13-8-5-4-6-9-13/h4-6,8-9,14H,7,10-12,19H2,1-3H3,(H,21,22)/t14-,18+/m0/s1. The summed E-state index contributed by atoms with van der Waals surface area (Å²) in [7, 11) is 0. The molecule has 6 heteroatoms. The number of hydrogen-bond acceptors (Lipinski definition) is 5. The van der Waals surface area contributed by atoms with Crippen LogP contribution >= 0.6 is 0 Å². The van der Waals surface area contributed by atoms with Crippen LogP contribution in [0.15, 0.2) is 30.3 Å². The number of rotatable bonds is 4. The smallest absolute Gasteiger partial charge is 0.327 e. The molecule has 6 nitrogen and oxygen atoms in total. The van der Waals surface area contributed by atoms with Gasteiger partial charge in [-0.1, -0.05) is 30.3 Å². The van der Waals surface area contributed by atoms with Crippen LogP contribution in [0.4, 0.5) is 0 Å². The van der Waals surface area contributed by atoms with Crippen LogP contribution in [0.5, 0.6) is 0 Å². The number of esters is 1. The zero-order chi connectivity index (χ0) is 18.0. The van der Waals surface area contributed by atoms with Gasteiger partial charge in [-0.15, -0.1) is 0 Å². The minimum Gasteiger partial charge on any atom is -0.480 e. The Balaban J connectivity index is 2.27. The SMILES string of the molecule is CC(C)(C)OC(=O)[C@]1(C(=O)O)CCCN(Cc2ccccc2)[C@@H]1N. The summed E-state index contributed by atoms with van der Waals surface area (Å²) in [6, 6.07) is 9.67. The number of nitrogens with zero attached hydrogens (tertiary/aromatic N) is 1. The van der Waals surface area contributed by atoms with E-state index in [9.17, 15) is 14.7 Å². The highest BCUT2D eigenvalue weighted by atomic mass is 16.6. The molecule has 1 aromatic carbocycles. The first-order valence-corrected chi connectivity index (χ1v) is 8.17. The van der Waals surface area contributed by atoms with E-state index in [4.69, 9.17) is 10.5 Å². The summed E-state index contributed by atoms with van der Waals surface area (Å²) in [5.74, 6) is -1.98. The Labute approximate surface area is 142 Å². The first-order valence-electron chi connectivity index (χ1n) is 8.17. The number of hydrogen-bond donors (Lipinski definition) is 2. The van der Waals surface area contributed by atoms with Crippen LogP contribution < -0.4 is 5.73 Å². The molecule has 0 saturated carbocycles. The lowest BCUT2D eigenvalue weighted by atomic mass is 9.76. The molecular weight excluding hydrogens is 308 g/mol. The maximum absolute atomic E-state index is 12.7. The number of carbonyl (C=O) groups is 2. The largest absolute Gasteiger partial charge is 0.480 e. The quantitative estimate of drug-likeness (QED) is 0.646. The Morgan fingerprint density at radius 1 is 1.33 bits per heavy atom. The van der Waals surface area contributed by atoms with Crippen molar-refractivity contribution in [2.45, 2.75) is 51.9 Å². The Hall–Kier alpha value is -1.92. The lowest BCUT2D eigenvalue weighted by Crippen LogP contribution is -2.64. The number of carboxylic acids is 1. The average molecular weight is 334 g/mol. The average Bonchev–Trinajstić information content (AvgIpc) is 2.48. The summed E-state index contributed by atoms with van der Waals surface area (Å²) in [5.41, 5.74) is 4.80. The van der Waals surface area contributed by atoms with E-state index in [0.29, 0.717) is 19.5 Å². The van der Waals surface area contributed by atoms with Crippen molar-refractivity contribution in [1.82, 2.24) is 4.90 Å². The van der Waals surface area contributed by atoms with Crippen molar-refractivity contribution in [1.29, 1.82) is 0 Å². The topological polar surface area (TPSA) is 92.9 Å². The van der Waals surface area contributed by atoms with Crippen LogP contribution in [0, 0.1) is 5.41 Å². The number of likely N-dealkylation sites (tertiary alicyclic amines) is 1. The van der Waals surface area contributed by atoms with Crippen LogP contribution in [0.3, 0.4) is 0 Å². The van der Waals surface area contributed by atoms with Gasteiger partial charge in [-0.05, 0) is 39.2 Å². The van der Waals surface area contributed by atoms with Crippen molar-refractivity contribution in [2.75, 3.05) is 6.54 Å². The molecule has 0 amide bonds. The zero-order valence-corrected chi connectivity index (χ0v) is 14.5. The van der Waals surface area contributed by atoms with E-state index < -0.39 is 29.1 Å². The van der Waals surface area contributed by atoms with Crippen molar-refractivity contribution in [3.63, 3.8) is 0 Å². The number of carbonyl (C=O) groups excluding carboxylic acids is 1. The highest BCUT2D eigenvalue weighted by molar-refractivity contribution is 6.00. The fourth-order valence-corrected chi connectivity index (χ4v) is 3.07. The van der Waals surface area contributed by atoms with Crippen molar-refractivity contribution >= 4 is 11.9 Å². The van der Waals surface area contributed by atoms with Crippen LogP contribution in [-0.2, 0) is 20.9 Å². The number of ether oxygens (including phenoxy) is 1. The molecule has 2 atom stereocenters. The molecule has 1 aliphatic rings. The summed E-state index contributed by atoms with van der Waals surface area (Å²) < 4.78 is 5.38. The van der Waals surface area contributed by atoms with Crippen LogP contribution in [0.2, 0.25) is 0 Å². The first kappa shape index (κ1) is 18.4. The lowest BCUT2D eigenvalue weighted by Gasteiger charge is -2.44. The number of aliphatic carboxylic acids is 1. The molecule has 1 aliphatic heterocycles. The second-order valence-electron chi connectivity index (χ2n) is 7.28. The van der Waals surface area contributed by atoms with E-state index in [1.165, 1.54) is 0 Å². The molecular formula is C18H26N2O4. The van der Waals surface area contributed by atoms with E-state index in [0.717, 1.165) is 5.56 Å². The Kier molecular flexibility index (Phi) is 5.30. The van der Waals surface area contributed by atoms with Gasteiger partial charge in [-0.25, -0.2) is 0 Å². The molecule has 0 bridgehead atoms. The molecule has 1 aromatic rings. The van der Waals surface area contributed by atoms with E-state index in [1.54, 1.807) is 20.8 Å². The minimum absolute atomic E-state index is 0.184. The summed E-state index contributed by atoms with van der Waals surface area (Å²) in [5, 5.41) is 9.80. The molecule has 1 heterocycles. The molecule has 0 aromatic heterocycles. The zero-order valence-electron chi connectivity index (χ0n) is 14.5. The molecule has 132 valence electrons. The molecule has 0 spiro atoms. The molecule has 1 fully saturated rings. The van der Waals surface area contributed by atoms with Gasteiger partial charge < -0.3 is 15.6 Å². The number of piperidine rings is 1. The summed E-state index contributed by atoms with van der Waals surface area (Å²) >= 11 is 0. The molecule has 2 rings (SSSR count). The summed E-state index contributed by atoms with van der Waals surface area (Å²) in [6.45, 7) is 6.30. The lowest BCUT2D eigenvalue weighted by molar-refractivity contribution is -0.186. The van der Waals surface area contributed by atoms with Gasteiger partial charge in [0.25, 0.3) is 0 Å². The van der Waals surface area contributed by atoms with Gasteiger partial charge in [-0.2, -0.15) is 0 Å². The number of carboxylic acid groups (broad SMARTS) is 1. The van der Waals surface area contributed by atoms with Gasteiger partial charge in [0, 0.05) is 13.1 Å². The van der Waals surface area contributed by atoms with Gasteiger partial charge in [0.15, 0.2) is 5.41 Å². The van der Waals surface area contributed by atoms with E-state index >= 15 is 0 Å². The second-order valence-corrected chi connectivity index (χ2v) is 7.28. The van der Waals surface area contributed by atoms with Crippen LogP contribution in [-0.4, -0.2) is 40.3 Å². The fourth-order valence-electron chi connectivity index (χ4n) is 3.07. The molecule has 1 saturated heterocycles. The Morgan fingerprint density at radius 3 is 2.50 bits per heavy atom. The highest BCUT2D eigenvalue weighted by Crippen LogP contribution is 2.37. The Bertz CT molecular complexity index is 597. The van der Waals surface area contributed by atoms with E-state index in [1.807, 2.05) is 35.2 Å². The van der Waals surface area contributed by atoms with E-state index in [-0.39, 0.29) is 6.42 Å². The molecule has 0 radical (unpaired) electrons. The normalized spacial score (nSPS) is 25.2. The second kappa shape index (κ2) is 6.91. The van der Waals surface area contributed by atoms with Crippen molar-refractivity contribution in [3.8, 4) is 0 Å².